The third-order valence-electron chi connectivity index (χ3n) is 3.99. The highest BCUT2D eigenvalue weighted by Crippen LogP contribution is 2.43. The predicted molar refractivity (Wildman–Crippen MR) is 90.2 cm³/mol. The number of rotatable bonds is 7. The van der Waals surface area contributed by atoms with Crippen LogP contribution in [0.1, 0.15) is 30.9 Å². The van der Waals surface area contributed by atoms with Crippen LogP contribution in [0.2, 0.25) is 0 Å². The molecule has 0 fully saturated rings. The number of carbonyl (C=O) groups is 1. The van der Waals surface area contributed by atoms with Crippen molar-refractivity contribution in [3.05, 3.63) is 35.6 Å². The van der Waals surface area contributed by atoms with E-state index in [-0.39, 0.29) is 17.4 Å². The summed E-state index contributed by atoms with van der Waals surface area (Å²) >= 11 is 0. The van der Waals surface area contributed by atoms with Crippen molar-refractivity contribution < 1.29 is 24.2 Å². The summed E-state index contributed by atoms with van der Waals surface area (Å²) in [4.78, 5) is 12.5. The second-order valence-electron chi connectivity index (χ2n) is 5.52. The van der Waals surface area contributed by atoms with Gasteiger partial charge in [-0.2, -0.15) is 0 Å². The maximum atomic E-state index is 12.5. The zero-order valence-corrected chi connectivity index (χ0v) is 14.1. The van der Waals surface area contributed by atoms with E-state index in [1.54, 1.807) is 26.2 Å². The molecule has 0 spiro atoms. The summed E-state index contributed by atoms with van der Waals surface area (Å²) in [6.07, 6.45) is 2.02. The highest BCUT2D eigenvalue weighted by molar-refractivity contribution is 5.88. The van der Waals surface area contributed by atoms with E-state index in [0.29, 0.717) is 42.0 Å². The maximum Gasteiger partial charge on any atom is 0.227 e. The number of hydrogen-bond acceptors (Lipinski definition) is 5. The summed E-state index contributed by atoms with van der Waals surface area (Å²) in [6.45, 7) is 4.43. The molecule has 0 saturated heterocycles. The van der Waals surface area contributed by atoms with Gasteiger partial charge in [-0.3, -0.25) is 4.79 Å². The van der Waals surface area contributed by atoms with Crippen molar-refractivity contribution in [2.45, 2.75) is 26.2 Å². The van der Waals surface area contributed by atoms with Crippen LogP contribution >= 0.6 is 0 Å². The van der Waals surface area contributed by atoms with Gasteiger partial charge in [0.1, 0.15) is 17.3 Å². The van der Waals surface area contributed by atoms with Gasteiger partial charge < -0.3 is 24.7 Å². The van der Waals surface area contributed by atoms with Crippen molar-refractivity contribution in [1.82, 2.24) is 5.32 Å². The molecule has 130 valence electrons. The number of phenols is 2. The summed E-state index contributed by atoms with van der Waals surface area (Å²) < 4.78 is 10.3. The Morgan fingerprint density at radius 3 is 2.71 bits per heavy atom. The topological polar surface area (TPSA) is 91.9 Å². The van der Waals surface area contributed by atoms with Crippen LogP contribution in [0.25, 0.3) is 11.3 Å². The first-order chi connectivity index (χ1) is 11.5. The van der Waals surface area contributed by atoms with E-state index in [1.807, 2.05) is 6.92 Å². The lowest BCUT2D eigenvalue weighted by atomic mass is 9.87. The Bertz CT molecular complexity index is 694. The Balaban J connectivity index is 2.51. The van der Waals surface area contributed by atoms with E-state index >= 15 is 0 Å². The molecule has 1 aromatic heterocycles. The molecule has 6 heteroatoms. The van der Waals surface area contributed by atoms with Gasteiger partial charge in [0.15, 0.2) is 0 Å². The van der Waals surface area contributed by atoms with Gasteiger partial charge in [0.25, 0.3) is 0 Å². The standard InChI is InChI=1S/C18H23NO5/c1-4-12-13(20)10-14(21)17(15-6-5-8-24-15)16(12)11(2)18(22)19-7-9-23-3/h5-6,8,10-11,20-21H,4,7,9H2,1-3H3,(H,19,22). The quantitative estimate of drug-likeness (QED) is 0.678. The van der Waals surface area contributed by atoms with E-state index in [9.17, 15) is 15.0 Å². The van der Waals surface area contributed by atoms with Crippen molar-refractivity contribution in [3.63, 3.8) is 0 Å². The minimum atomic E-state index is -0.574. The van der Waals surface area contributed by atoms with E-state index in [4.69, 9.17) is 9.15 Å². The zero-order valence-electron chi connectivity index (χ0n) is 14.1. The van der Waals surface area contributed by atoms with Crippen molar-refractivity contribution in [3.8, 4) is 22.8 Å². The minimum absolute atomic E-state index is 0.0307. The van der Waals surface area contributed by atoms with Gasteiger partial charge in [-0.1, -0.05) is 6.92 Å². The molecule has 1 atom stereocenters. The third-order valence-corrected chi connectivity index (χ3v) is 3.99. The van der Waals surface area contributed by atoms with E-state index < -0.39 is 5.92 Å². The molecular weight excluding hydrogens is 310 g/mol. The van der Waals surface area contributed by atoms with Crippen LogP contribution in [0.5, 0.6) is 11.5 Å². The second kappa shape index (κ2) is 7.88. The zero-order chi connectivity index (χ0) is 17.7. The highest BCUT2D eigenvalue weighted by atomic mass is 16.5. The fraction of sp³-hybridized carbons (Fsp3) is 0.389. The summed E-state index contributed by atoms with van der Waals surface area (Å²) in [7, 11) is 1.56. The van der Waals surface area contributed by atoms with Gasteiger partial charge in [-0.05, 0) is 36.6 Å². The molecule has 0 aliphatic carbocycles. The number of benzene rings is 1. The Hall–Kier alpha value is -2.47. The number of ether oxygens (including phenoxy) is 1. The fourth-order valence-corrected chi connectivity index (χ4v) is 2.81. The Labute approximate surface area is 141 Å². The van der Waals surface area contributed by atoms with Crippen LogP contribution in [0.15, 0.2) is 28.9 Å². The average Bonchev–Trinajstić information content (AvgIpc) is 3.07. The first-order valence-electron chi connectivity index (χ1n) is 7.89. The SMILES string of the molecule is CCc1c(O)cc(O)c(-c2ccco2)c1C(C)C(=O)NCCOC. The van der Waals surface area contributed by atoms with Crippen molar-refractivity contribution in [1.29, 1.82) is 0 Å². The van der Waals surface area contributed by atoms with Crippen LogP contribution in [-0.2, 0) is 16.0 Å². The van der Waals surface area contributed by atoms with Gasteiger partial charge in [-0.25, -0.2) is 0 Å². The number of furan rings is 1. The molecule has 3 N–H and O–H groups in total. The first-order valence-corrected chi connectivity index (χ1v) is 7.89. The van der Waals surface area contributed by atoms with Crippen LogP contribution in [0.4, 0.5) is 0 Å². The molecule has 24 heavy (non-hydrogen) atoms. The first kappa shape index (κ1) is 17.9. The molecule has 0 radical (unpaired) electrons. The summed E-state index contributed by atoms with van der Waals surface area (Å²) in [5, 5.41) is 23.3. The lowest BCUT2D eigenvalue weighted by Crippen LogP contribution is -2.31. The van der Waals surface area contributed by atoms with Crippen molar-refractivity contribution in [2.75, 3.05) is 20.3 Å². The number of amides is 1. The van der Waals surface area contributed by atoms with Crippen molar-refractivity contribution in [2.24, 2.45) is 0 Å². The van der Waals surface area contributed by atoms with Gasteiger partial charge in [0, 0.05) is 19.7 Å². The van der Waals surface area contributed by atoms with E-state index in [0.717, 1.165) is 0 Å². The molecule has 1 amide bonds. The molecule has 1 aromatic carbocycles. The molecule has 1 heterocycles. The number of nitrogens with one attached hydrogen (secondary N) is 1. The normalized spacial score (nSPS) is 12.1. The minimum Gasteiger partial charge on any atom is -0.508 e. The molecule has 0 bridgehead atoms. The predicted octanol–water partition coefficient (Wildman–Crippen LogP) is 2.79. The fourth-order valence-electron chi connectivity index (χ4n) is 2.81. The molecule has 0 aliphatic rings. The molecular formula is C18H23NO5. The molecule has 0 saturated carbocycles. The summed E-state index contributed by atoms with van der Waals surface area (Å²) in [6, 6.07) is 4.71. The number of hydrogen-bond donors (Lipinski definition) is 3. The Kier molecular flexibility index (Phi) is 5.87. The van der Waals surface area contributed by atoms with Gasteiger partial charge >= 0.3 is 0 Å². The van der Waals surface area contributed by atoms with Crippen LogP contribution in [0, 0.1) is 0 Å². The van der Waals surface area contributed by atoms with Crippen LogP contribution in [0.3, 0.4) is 0 Å². The largest absolute Gasteiger partial charge is 0.508 e. The number of phenolic OH excluding ortho intramolecular Hbond substituents is 2. The highest BCUT2D eigenvalue weighted by Gasteiger charge is 2.27. The number of methoxy groups -OCH3 is 1. The van der Waals surface area contributed by atoms with E-state index in [1.165, 1.54) is 12.3 Å². The number of aromatic hydroxyl groups is 2. The third kappa shape index (κ3) is 3.54. The van der Waals surface area contributed by atoms with Gasteiger partial charge in [0.05, 0.1) is 24.4 Å². The Morgan fingerprint density at radius 1 is 1.38 bits per heavy atom. The van der Waals surface area contributed by atoms with Crippen LogP contribution in [-0.4, -0.2) is 36.4 Å². The summed E-state index contributed by atoms with van der Waals surface area (Å²) in [5.41, 5.74) is 1.62. The summed E-state index contributed by atoms with van der Waals surface area (Å²) in [5.74, 6) is -0.480. The van der Waals surface area contributed by atoms with Crippen LogP contribution < -0.4 is 5.32 Å². The average molecular weight is 333 g/mol. The smallest absolute Gasteiger partial charge is 0.227 e. The maximum absolute atomic E-state index is 12.5. The van der Waals surface area contributed by atoms with Gasteiger partial charge in [0.2, 0.25) is 5.91 Å². The lowest BCUT2D eigenvalue weighted by molar-refractivity contribution is -0.122. The molecule has 2 rings (SSSR count). The second-order valence-corrected chi connectivity index (χ2v) is 5.52. The molecule has 0 aliphatic heterocycles. The monoisotopic (exact) mass is 333 g/mol. The molecule has 2 aromatic rings. The van der Waals surface area contributed by atoms with E-state index in [2.05, 4.69) is 5.32 Å². The van der Waals surface area contributed by atoms with Crippen molar-refractivity contribution >= 4 is 5.91 Å². The Morgan fingerprint density at radius 2 is 2.12 bits per heavy atom. The molecule has 6 nitrogen and oxygen atoms in total. The lowest BCUT2D eigenvalue weighted by Gasteiger charge is -2.21. The number of carbonyl (C=O) groups excluding carboxylic acids is 1. The van der Waals surface area contributed by atoms with Gasteiger partial charge in [-0.15, -0.1) is 0 Å². The molecule has 1 unspecified atom stereocenters.